The SMILES string of the molecule is Cc1cccc(COc2cccc(CC(=O)NCC3CNC3)c2)c1.Cl. The number of halogens is 1. The number of ether oxygens (including phenoxy) is 1. The molecular formula is C20H25ClN2O2. The smallest absolute Gasteiger partial charge is 0.224 e. The van der Waals surface area contributed by atoms with E-state index in [1.165, 1.54) is 5.56 Å². The number of hydrogen-bond donors (Lipinski definition) is 2. The molecule has 2 aromatic rings. The van der Waals surface area contributed by atoms with Gasteiger partial charge in [0.25, 0.3) is 0 Å². The first-order chi connectivity index (χ1) is 11.7. The molecule has 0 unspecified atom stereocenters. The first-order valence-electron chi connectivity index (χ1n) is 8.44. The highest BCUT2D eigenvalue weighted by Crippen LogP contribution is 2.16. The van der Waals surface area contributed by atoms with Crippen LogP contribution in [0, 0.1) is 12.8 Å². The van der Waals surface area contributed by atoms with E-state index in [0.29, 0.717) is 18.9 Å². The highest BCUT2D eigenvalue weighted by molar-refractivity contribution is 5.85. The Morgan fingerprint density at radius 1 is 1.16 bits per heavy atom. The van der Waals surface area contributed by atoms with Crippen molar-refractivity contribution in [3.8, 4) is 5.75 Å². The number of hydrogen-bond acceptors (Lipinski definition) is 3. The summed E-state index contributed by atoms with van der Waals surface area (Å²) >= 11 is 0. The van der Waals surface area contributed by atoms with Crippen LogP contribution in [0.15, 0.2) is 48.5 Å². The van der Waals surface area contributed by atoms with Crippen molar-refractivity contribution in [2.75, 3.05) is 19.6 Å². The van der Waals surface area contributed by atoms with Crippen LogP contribution < -0.4 is 15.4 Å². The van der Waals surface area contributed by atoms with E-state index in [2.05, 4.69) is 35.8 Å². The van der Waals surface area contributed by atoms with E-state index in [1.807, 2.05) is 30.3 Å². The number of carbonyl (C=O) groups is 1. The van der Waals surface area contributed by atoms with Gasteiger partial charge in [-0.3, -0.25) is 4.79 Å². The molecule has 0 spiro atoms. The summed E-state index contributed by atoms with van der Waals surface area (Å²) in [6.07, 6.45) is 0.391. The zero-order chi connectivity index (χ0) is 16.8. The third kappa shape index (κ3) is 6.07. The van der Waals surface area contributed by atoms with Crippen LogP contribution in [0.25, 0.3) is 0 Å². The Balaban J connectivity index is 0.00000225. The molecule has 1 amide bonds. The molecule has 1 saturated heterocycles. The highest BCUT2D eigenvalue weighted by atomic mass is 35.5. The minimum Gasteiger partial charge on any atom is -0.489 e. The normalized spacial score (nSPS) is 13.5. The largest absolute Gasteiger partial charge is 0.489 e. The summed E-state index contributed by atoms with van der Waals surface area (Å²) in [5.41, 5.74) is 3.34. The molecule has 134 valence electrons. The van der Waals surface area contributed by atoms with Crippen LogP contribution >= 0.6 is 12.4 Å². The molecule has 0 aromatic heterocycles. The zero-order valence-electron chi connectivity index (χ0n) is 14.5. The first kappa shape index (κ1) is 19.3. The molecule has 2 aromatic carbocycles. The third-order valence-corrected chi connectivity index (χ3v) is 4.21. The number of nitrogens with one attached hydrogen (secondary N) is 2. The van der Waals surface area contributed by atoms with Crippen LogP contribution in [0.2, 0.25) is 0 Å². The van der Waals surface area contributed by atoms with Gasteiger partial charge in [-0.25, -0.2) is 0 Å². The van der Waals surface area contributed by atoms with Gasteiger partial charge >= 0.3 is 0 Å². The van der Waals surface area contributed by atoms with Crippen LogP contribution in [0.5, 0.6) is 5.75 Å². The van der Waals surface area contributed by atoms with Gasteiger partial charge in [-0.05, 0) is 30.2 Å². The molecule has 1 aliphatic heterocycles. The molecule has 0 bridgehead atoms. The minimum atomic E-state index is 0. The maximum Gasteiger partial charge on any atom is 0.224 e. The van der Waals surface area contributed by atoms with Crippen LogP contribution in [0.1, 0.15) is 16.7 Å². The molecule has 3 rings (SSSR count). The van der Waals surface area contributed by atoms with E-state index in [9.17, 15) is 4.79 Å². The van der Waals surface area contributed by atoms with Crippen molar-refractivity contribution in [1.82, 2.24) is 10.6 Å². The molecule has 1 heterocycles. The standard InChI is InChI=1S/C20H24N2O2.ClH/c1-15-4-2-6-17(8-15)14-24-19-7-3-5-16(9-19)10-20(23)22-13-18-11-21-12-18;/h2-9,18,21H,10-14H2,1H3,(H,22,23);1H. The van der Waals surface area contributed by atoms with Gasteiger partial charge in [-0.15, -0.1) is 12.4 Å². The highest BCUT2D eigenvalue weighted by Gasteiger charge is 2.17. The van der Waals surface area contributed by atoms with Crippen LogP contribution in [0.3, 0.4) is 0 Å². The fourth-order valence-electron chi connectivity index (χ4n) is 2.71. The summed E-state index contributed by atoms with van der Waals surface area (Å²) in [4.78, 5) is 12.0. The van der Waals surface area contributed by atoms with E-state index in [4.69, 9.17) is 4.74 Å². The Morgan fingerprint density at radius 3 is 2.64 bits per heavy atom. The molecule has 5 heteroatoms. The van der Waals surface area contributed by atoms with E-state index >= 15 is 0 Å². The van der Waals surface area contributed by atoms with Gasteiger partial charge in [0, 0.05) is 25.6 Å². The summed E-state index contributed by atoms with van der Waals surface area (Å²) < 4.78 is 5.85. The second-order valence-electron chi connectivity index (χ2n) is 6.43. The first-order valence-corrected chi connectivity index (χ1v) is 8.44. The number of aryl methyl sites for hydroxylation is 1. The van der Waals surface area contributed by atoms with Crippen molar-refractivity contribution in [3.63, 3.8) is 0 Å². The Bertz CT molecular complexity index is 702. The van der Waals surface area contributed by atoms with E-state index in [1.54, 1.807) is 0 Å². The monoisotopic (exact) mass is 360 g/mol. The van der Waals surface area contributed by atoms with Gasteiger partial charge in [-0.2, -0.15) is 0 Å². The van der Waals surface area contributed by atoms with Gasteiger partial charge in [0.05, 0.1) is 6.42 Å². The second-order valence-corrected chi connectivity index (χ2v) is 6.43. The van der Waals surface area contributed by atoms with Crippen molar-refractivity contribution < 1.29 is 9.53 Å². The van der Waals surface area contributed by atoms with Crippen molar-refractivity contribution in [1.29, 1.82) is 0 Å². The lowest BCUT2D eigenvalue weighted by atomic mass is 10.0. The Kier molecular flexibility index (Phi) is 7.29. The van der Waals surface area contributed by atoms with Gasteiger partial charge in [-0.1, -0.05) is 42.0 Å². The maximum absolute atomic E-state index is 12.0. The summed E-state index contributed by atoms with van der Waals surface area (Å²) in [5, 5.41) is 6.20. The van der Waals surface area contributed by atoms with E-state index < -0.39 is 0 Å². The summed E-state index contributed by atoms with van der Waals surface area (Å²) in [6.45, 7) is 5.37. The Morgan fingerprint density at radius 2 is 1.92 bits per heavy atom. The quantitative estimate of drug-likeness (QED) is 0.798. The van der Waals surface area contributed by atoms with Gasteiger partial charge in [0.15, 0.2) is 0 Å². The number of benzene rings is 2. The average molecular weight is 361 g/mol. The fraction of sp³-hybridized carbons (Fsp3) is 0.350. The molecule has 0 aliphatic carbocycles. The van der Waals surface area contributed by atoms with Crippen molar-refractivity contribution in [2.45, 2.75) is 20.0 Å². The second kappa shape index (κ2) is 9.44. The molecule has 4 nitrogen and oxygen atoms in total. The molecule has 0 saturated carbocycles. The number of amides is 1. The van der Waals surface area contributed by atoms with Crippen LogP contribution in [-0.4, -0.2) is 25.5 Å². The van der Waals surface area contributed by atoms with Gasteiger partial charge < -0.3 is 15.4 Å². The lowest BCUT2D eigenvalue weighted by Crippen LogP contribution is -2.48. The summed E-state index contributed by atoms with van der Waals surface area (Å²) in [6, 6.07) is 16.0. The maximum atomic E-state index is 12.0. The number of rotatable bonds is 7. The van der Waals surface area contributed by atoms with Crippen molar-refractivity contribution >= 4 is 18.3 Å². The molecule has 1 aliphatic rings. The average Bonchev–Trinajstić information content (AvgIpc) is 2.52. The summed E-state index contributed by atoms with van der Waals surface area (Å²) in [7, 11) is 0. The number of carbonyl (C=O) groups excluding carboxylic acids is 1. The predicted octanol–water partition coefficient (Wildman–Crippen LogP) is 2.87. The zero-order valence-corrected chi connectivity index (χ0v) is 15.3. The van der Waals surface area contributed by atoms with Crippen molar-refractivity contribution in [2.24, 2.45) is 5.92 Å². The summed E-state index contributed by atoms with van der Waals surface area (Å²) in [5.74, 6) is 1.45. The van der Waals surface area contributed by atoms with E-state index in [0.717, 1.165) is 36.5 Å². The fourth-order valence-corrected chi connectivity index (χ4v) is 2.71. The Labute approximate surface area is 155 Å². The lowest BCUT2D eigenvalue weighted by Gasteiger charge is -2.27. The Hall–Kier alpha value is -2.04. The van der Waals surface area contributed by atoms with Gasteiger partial charge in [0.2, 0.25) is 5.91 Å². The molecule has 0 atom stereocenters. The topological polar surface area (TPSA) is 50.4 Å². The molecule has 1 fully saturated rings. The van der Waals surface area contributed by atoms with Crippen LogP contribution in [-0.2, 0) is 17.8 Å². The predicted molar refractivity (Wildman–Crippen MR) is 102 cm³/mol. The molecule has 0 radical (unpaired) electrons. The lowest BCUT2D eigenvalue weighted by molar-refractivity contribution is -0.120. The molecule has 2 N–H and O–H groups in total. The molecule has 25 heavy (non-hydrogen) atoms. The van der Waals surface area contributed by atoms with Gasteiger partial charge in [0.1, 0.15) is 12.4 Å². The minimum absolute atomic E-state index is 0. The molecular weight excluding hydrogens is 336 g/mol. The van der Waals surface area contributed by atoms with Crippen LogP contribution in [0.4, 0.5) is 0 Å². The van der Waals surface area contributed by atoms with Crippen molar-refractivity contribution in [3.05, 3.63) is 65.2 Å². The third-order valence-electron chi connectivity index (χ3n) is 4.21. The van der Waals surface area contributed by atoms with E-state index in [-0.39, 0.29) is 18.3 Å².